The van der Waals surface area contributed by atoms with Gasteiger partial charge in [0, 0.05) is 12.0 Å². The SMILES string of the molecule is O=C1C(Cl)=C(Cl)C(=O)c2c(O)c(Cc3ccccc3)c(O)c(O)c21. The highest BCUT2D eigenvalue weighted by molar-refractivity contribution is 6.59. The van der Waals surface area contributed by atoms with Crippen LogP contribution in [-0.4, -0.2) is 26.9 Å². The summed E-state index contributed by atoms with van der Waals surface area (Å²) in [7, 11) is 0. The summed E-state index contributed by atoms with van der Waals surface area (Å²) in [5, 5.41) is 29.7. The zero-order valence-corrected chi connectivity index (χ0v) is 13.5. The molecule has 3 N–H and O–H groups in total. The van der Waals surface area contributed by atoms with Gasteiger partial charge in [0.05, 0.1) is 11.1 Å². The van der Waals surface area contributed by atoms with Crippen LogP contribution in [0.3, 0.4) is 0 Å². The third-order valence-electron chi connectivity index (χ3n) is 3.79. The number of benzene rings is 2. The van der Waals surface area contributed by atoms with Gasteiger partial charge in [0.25, 0.3) is 0 Å². The molecule has 24 heavy (non-hydrogen) atoms. The molecule has 0 fully saturated rings. The number of phenolic OH excluding ortho intramolecular Hbond substituents is 3. The molecule has 1 aliphatic carbocycles. The largest absolute Gasteiger partial charge is 0.507 e. The number of hydrogen-bond acceptors (Lipinski definition) is 5. The summed E-state index contributed by atoms with van der Waals surface area (Å²) >= 11 is 11.4. The van der Waals surface area contributed by atoms with Crippen LogP contribution < -0.4 is 0 Å². The lowest BCUT2D eigenvalue weighted by atomic mass is 9.88. The Morgan fingerprint density at radius 1 is 0.750 bits per heavy atom. The molecule has 0 saturated heterocycles. The number of halogens is 2. The maximum atomic E-state index is 12.3. The molecule has 0 saturated carbocycles. The first-order valence-corrected chi connectivity index (χ1v) is 7.58. The van der Waals surface area contributed by atoms with Crippen LogP contribution in [0.1, 0.15) is 31.8 Å². The van der Waals surface area contributed by atoms with E-state index in [0.717, 1.165) is 5.56 Å². The van der Waals surface area contributed by atoms with Gasteiger partial charge < -0.3 is 15.3 Å². The summed E-state index contributed by atoms with van der Waals surface area (Å²) in [4.78, 5) is 24.4. The van der Waals surface area contributed by atoms with Crippen LogP contribution in [0.4, 0.5) is 0 Å². The maximum absolute atomic E-state index is 12.3. The zero-order chi connectivity index (χ0) is 17.6. The first-order chi connectivity index (χ1) is 11.3. The van der Waals surface area contributed by atoms with Crippen LogP contribution in [0, 0.1) is 0 Å². The van der Waals surface area contributed by atoms with Crippen molar-refractivity contribution in [3.63, 3.8) is 0 Å². The predicted octanol–water partition coefficient (Wildman–Crippen LogP) is 3.46. The molecular weight excluding hydrogens is 355 g/mol. The van der Waals surface area contributed by atoms with Crippen molar-refractivity contribution >= 4 is 34.8 Å². The Bertz CT molecular complexity index is 917. The number of phenols is 3. The van der Waals surface area contributed by atoms with Gasteiger partial charge in [-0.2, -0.15) is 0 Å². The van der Waals surface area contributed by atoms with Gasteiger partial charge in [-0.15, -0.1) is 0 Å². The van der Waals surface area contributed by atoms with Crippen LogP contribution in [0.25, 0.3) is 0 Å². The van der Waals surface area contributed by atoms with Crippen molar-refractivity contribution in [1.82, 2.24) is 0 Å². The summed E-state index contributed by atoms with van der Waals surface area (Å²) in [6, 6.07) is 8.80. The van der Waals surface area contributed by atoms with E-state index in [2.05, 4.69) is 0 Å². The van der Waals surface area contributed by atoms with Crippen molar-refractivity contribution in [2.45, 2.75) is 6.42 Å². The smallest absolute Gasteiger partial charge is 0.210 e. The van der Waals surface area contributed by atoms with E-state index >= 15 is 0 Å². The van der Waals surface area contributed by atoms with E-state index in [1.165, 1.54) is 0 Å². The minimum absolute atomic E-state index is 0.0376. The minimum atomic E-state index is -0.939. The molecule has 3 rings (SSSR count). The molecule has 0 bridgehead atoms. The Hall–Kier alpha value is -2.50. The fourth-order valence-electron chi connectivity index (χ4n) is 2.59. The maximum Gasteiger partial charge on any atom is 0.210 e. The van der Waals surface area contributed by atoms with Gasteiger partial charge in [0.1, 0.15) is 15.8 Å². The summed E-state index contributed by atoms with van der Waals surface area (Å²) in [6.45, 7) is 0. The van der Waals surface area contributed by atoms with Crippen LogP contribution in [-0.2, 0) is 6.42 Å². The molecule has 0 spiro atoms. The second-order valence-corrected chi connectivity index (χ2v) is 5.98. The molecule has 2 aromatic carbocycles. The standard InChI is InChI=1S/C17H10Cl2O5/c18-11-12(19)16(23)10-9(15(11)22)13(20)8(14(21)17(10)24)6-7-4-2-1-3-5-7/h1-5,20-21,24H,6H2. The van der Waals surface area contributed by atoms with E-state index in [4.69, 9.17) is 23.2 Å². The molecule has 0 atom stereocenters. The van der Waals surface area contributed by atoms with Crippen LogP contribution in [0.15, 0.2) is 40.4 Å². The Labute approximate surface area is 146 Å². The van der Waals surface area contributed by atoms with Gasteiger partial charge in [0.2, 0.25) is 11.6 Å². The lowest BCUT2D eigenvalue weighted by Gasteiger charge is -2.20. The van der Waals surface area contributed by atoms with Gasteiger partial charge in [-0.25, -0.2) is 0 Å². The van der Waals surface area contributed by atoms with Crippen LogP contribution in [0.5, 0.6) is 17.2 Å². The average Bonchev–Trinajstić information content (AvgIpc) is 2.59. The monoisotopic (exact) mass is 364 g/mol. The number of aromatic hydroxyl groups is 3. The van der Waals surface area contributed by atoms with E-state index in [1.54, 1.807) is 30.3 Å². The van der Waals surface area contributed by atoms with Gasteiger partial charge in [0.15, 0.2) is 11.5 Å². The van der Waals surface area contributed by atoms with Crippen molar-refractivity contribution < 1.29 is 24.9 Å². The van der Waals surface area contributed by atoms with Crippen molar-refractivity contribution in [1.29, 1.82) is 0 Å². The van der Waals surface area contributed by atoms with E-state index < -0.39 is 50.0 Å². The molecular formula is C17H10Cl2O5. The zero-order valence-electron chi connectivity index (χ0n) is 12.0. The summed E-state index contributed by atoms with van der Waals surface area (Å²) < 4.78 is 0. The molecule has 0 unspecified atom stereocenters. The summed E-state index contributed by atoms with van der Waals surface area (Å²) in [5.41, 5.74) is -0.380. The number of Topliss-reactive ketones (excluding diaryl/α,β-unsaturated/α-hetero) is 2. The van der Waals surface area contributed by atoms with Crippen molar-refractivity contribution in [2.75, 3.05) is 0 Å². The van der Waals surface area contributed by atoms with Gasteiger partial charge in [-0.1, -0.05) is 53.5 Å². The third kappa shape index (κ3) is 2.33. The average molecular weight is 365 g/mol. The quantitative estimate of drug-likeness (QED) is 0.560. The fourth-order valence-corrected chi connectivity index (χ4v) is 2.95. The minimum Gasteiger partial charge on any atom is -0.507 e. The second kappa shape index (κ2) is 5.85. The highest BCUT2D eigenvalue weighted by Crippen LogP contribution is 2.47. The highest BCUT2D eigenvalue weighted by atomic mass is 35.5. The van der Waals surface area contributed by atoms with Crippen molar-refractivity contribution in [3.8, 4) is 17.2 Å². The molecule has 5 nitrogen and oxygen atoms in total. The molecule has 1 aliphatic rings. The topological polar surface area (TPSA) is 94.8 Å². The van der Waals surface area contributed by atoms with Crippen molar-refractivity contribution in [3.05, 3.63) is 62.7 Å². The number of fused-ring (bicyclic) bond motifs is 1. The third-order valence-corrected chi connectivity index (χ3v) is 4.61. The van der Waals surface area contributed by atoms with E-state index in [1.807, 2.05) is 0 Å². The Morgan fingerprint density at radius 2 is 1.25 bits per heavy atom. The molecule has 0 aliphatic heterocycles. The molecule has 122 valence electrons. The second-order valence-electron chi connectivity index (χ2n) is 5.22. The predicted molar refractivity (Wildman–Crippen MR) is 88.1 cm³/mol. The molecule has 0 heterocycles. The fraction of sp³-hybridized carbons (Fsp3) is 0.0588. The lowest BCUT2D eigenvalue weighted by molar-refractivity contribution is 0.0981. The Kier molecular flexibility index (Phi) is 3.99. The molecule has 0 radical (unpaired) electrons. The Morgan fingerprint density at radius 3 is 1.79 bits per heavy atom. The number of carbonyl (C=O) groups excluding carboxylic acids is 2. The van der Waals surface area contributed by atoms with Crippen LogP contribution >= 0.6 is 23.2 Å². The number of allylic oxidation sites excluding steroid dienone is 2. The summed E-state index contributed by atoms with van der Waals surface area (Å²) in [5.74, 6) is -3.93. The molecule has 0 amide bonds. The number of ketones is 2. The Balaban J connectivity index is 2.26. The number of rotatable bonds is 2. The van der Waals surface area contributed by atoms with Gasteiger partial charge in [-0.05, 0) is 5.56 Å². The van der Waals surface area contributed by atoms with E-state index in [9.17, 15) is 24.9 Å². The lowest BCUT2D eigenvalue weighted by Crippen LogP contribution is -2.19. The molecule has 0 aromatic heterocycles. The van der Waals surface area contributed by atoms with Crippen LogP contribution in [0.2, 0.25) is 0 Å². The van der Waals surface area contributed by atoms with E-state index in [-0.39, 0.29) is 12.0 Å². The normalized spacial score (nSPS) is 14.1. The number of hydrogen-bond donors (Lipinski definition) is 3. The molecule has 2 aromatic rings. The van der Waals surface area contributed by atoms with Crippen molar-refractivity contribution in [2.24, 2.45) is 0 Å². The number of carbonyl (C=O) groups is 2. The van der Waals surface area contributed by atoms with Gasteiger partial charge >= 0.3 is 0 Å². The summed E-state index contributed by atoms with van der Waals surface area (Å²) in [6.07, 6.45) is 0.0376. The first-order valence-electron chi connectivity index (χ1n) is 6.82. The highest BCUT2D eigenvalue weighted by Gasteiger charge is 2.38. The van der Waals surface area contributed by atoms with Gasteiger partial charge in [-0.3, -0.25) is 9.59 Å². The first kappa shape index (κ1) is 16.4. The van der Waals surface area contributed by atoms with E-state index in [0.29, 0.717) is 0 Å². The molecule has 7 heteroatoms.